The Morgan fingerprint density at radius 3 is 1.48 bits per heavy atom. The number of benzene rings is 4. The van der Waals surface area contributed by atoms with Crippen LogP contribution in [-0.4, -0.2) is 166 Å². The molecule has 11 atom stereocenters. The topological polar surface area (TPSA) is 426 Å². The van der Waals surface area contributed by atoms with Gasteiger partial charge in [-0.2, -0.15) is 0 Å². The number of para-hydroxylation sites is 1. The van der Waals surface area contributed by atoms with Crippen molar-refractivity contribution in [3.63, 3.8) is 0 Å². The third kappa shape index (κ3) is 25.2. The zero-order valence-corrected chi connectivity index (χ0v) is 56.6. The number of carbonyl (C=O) groups excluding carboxylic acids is 9. The Labute approximate surface area is 568 Å². The molecule has 1 fully saturated rings. The molecular formula is C71H103N13O13. The van der Waals surface area contributed by atoms with E-state index in [0.717, 1.165) is 0 Å². The van der Waals surface area contributed by atoms with Crippen molar-refractivity contribution in [1.82, 2.24) is 42.1 Å². The smallest absolute Gasteiger partial charge is 0.326 e. The van der Waals surface area contributed by atoms with Gasteiger partial charge in [0.2, 0.25) is 47.3 Å². The average molecular weight is 1350 g/mol. The summed E-state index contributed by atoms with van der Waals surface area (Å²) in [5, 5.41) is 50.0. The number of amides is 9. The van der Waals surface area contributed by atoms with Crippen LogP contribution < -0.4 is 65.1 Å². The second kappa shape index (κ2) is 40.5. The molecule has 26 nitrogen and oxygen atoms in total. The van der Waals surface area contributed by atoms with Crippen molar-refractivity contribution in [2.24, 2.45) is 34.8 Å². The van der Waals surface area contributed by atoms with E-state index in [1.807, 2.05) is 20.8 Å². The van der Waals surface area contributed by atoms with Crippen molar-refractivity contribution in [3.8, 4) is 11.5 Å². The number of phenolic OH excluding ortho intramolecular Hbond substituents is 2. The lowest BCUT2D eigenvalue weighted by atomic mass is 9.94. The van der Waals surface area contributed by atoms with Crippen LogP contribution in [0, 0.1) is 11.8 Å². The van der Waals surface area contributed by atoms with Gasteiger partial charge in [0, 0.05) is 25.1 Å². The summed E-state index contributed by atoms with van der Waals surface area (Å²) in [7, 11) is 0. The van der Waals surface area contributed by atoms with Crippen LogP contribution in [0.5, 0.6) is 11.5 Å². The van der Waals surface area contributed by atoms with Crippen molar-refractivity contribution >= 4 is 64.8 Å². The first-order valence-electron chi connectivity index (χ1n) is 33.9. The molecule has 26 heteroatoms. The van der Waals surface area contributed by atoms with Gasteiger partial charge in [-0.3, -0.25) is 48.1 Å². The average Bonchev–Trinajstić information content (AvgIpc) is 1.60. The van der Waals surface area contributed by atoms with Crippen LogP contribution in [0.25, 0.3) is 0 Å². The van der Waals surface area contributed by atoms with E-state index in [9.17, 15) is 58.5 Å². The third-order valence-corrected chi connectivity index (χ3v) is 17.3. The molecule has 4 aromatic rings. The first-order chi connectivity index (χ1) is 46.4. The fourth-order valence-corrected chi connectivity index (χ4v) is 11.6. The maximum atomic E-state index is 15.1. The molecular weight excluding hydrogens is 1240 g/mol. The zero-order valence-electron chi connectivity index (χ0n) is 56.6. The molecule has 1 aliphatic rings. The number of phenols is 2. The number of aromatic hydroxyl groups is 2. The van der Waals surface area contributed by atoms with E-state index >= 15 is 4.79 Å². The highest BCUT2D eigenvalue weighted by Crippen LogP contribution is 2.26. The van der Waals surface area contributed by atoms with Gasteiger partial charge in [-0.15, -0.1) is 0 Å². The lowest BCUT2D eigenvalue weighted by Gasteiger charge is -2.36. The molecule has 0 unspecified atom stereocenters. The summed E-state index contributed by atoms with van der Waals surface area (Å²) in [6, 6.07) is 16.9. The van der Waals surface area contributed by atoms with Gasteiger partial charge in [0.1, 0.15) is 65.9 Å². The summed E-state index contributed by atoms with van der Waals surface area (Å²) in [5.41, 5.74) is 26.0. The molecule has 1 saturated heterocycles. The maximum absolute atomic E-state index is 15.1. The van der Waals surface area contributed by atoms with Crippen molar-refractivity contribution in [3.05, 3.63) is 126 Å². The summed E-state index contributed by atoms with van der Waals surface area (Å²) in [5.74, 6) is -8.27. The Morgan fingerprint density at radius 2 is 0.969 bits per heavy atom. The van der Waals surface area contributed by atoms with Gasteiger partial charge >= 0.3 is 5.97 Å². The monoisotopic (exact) mass is 1350 g/mol. The number of hydrogen-bond donors (Lipinski definition) is 14. The van der Waals surface area contributed by atoms with Crippen LogP contribution in [0.2, 0.25) is 0 Å². The van der Waals surface area contributed by atoms with Gasteiger partial charge < -0.3 is 80.4 Å². The molecule has 0 saturated carbocycles. The molecule has 530 valence electrons. The molecule has 0 bridgehead atoms. The third-order valence-electron chi connectivity index (χ3n) is 17.3. The summed E-state index contributed by atoms with van der Waals surface area (Å²) in [6.45, 7) is 9.62. The van der Waals surface area contributed by atoms with Gasteiger partial charge in [0.15, 0.2) is 0 Å². The fourth-order valence-electron chi connectivity index (χ4n) is 11.6. The van der Waals surface area contributed by atoms with Crippen LogP contribution in [-0.2, 0) is 67.2 Å². The normalized spacial score (nSPS) is 15.9. The molecule has 4 aromatic carbocycles. The minimum atomic E-state index is -1.38. The number of carbonyl (C=O) groups is 10. The summed E-state index contributed by atoms with van der Waals surface area (Å²) < 4.78 is 0. The number of unbranched alkanes of at least 4 members (excludes halogenated alkanes) is 3. The molecule has 18 N–H and O–H groups in total. The van der Waals surface area contributed by atoms with Gasteiger partial charge in [-0.05, 0) is 175 Å². The number of nitrogens with two attached hydrogens (primary N) is 4. The lowest BCUT2D eigenvalue weighted by molar-refractivity contribution is -0.143. The van der Waals surface area contributed by atoms with E-state index in [-0.39, 0.29) is 88.4 Å². The predicted molar refractivity (Wildman–Crippen MR) is 369 cm³/mol. The molecule has 0 spiro atoms. The van der Waals surface area contributed by atoms with Gasteiger partial charge in [0.05, 0.1) is 6.04 Å². The van der Waals surface area contributed by atoms with Crippen molar-refractivity contribution in [2.75, 3.05) is 31.1 Å². The molecule has 1 aliphatic heterocycles. The number of carboxylic acids is 1. The Kier molecular flexibility index (Phi) is 32.9. The second-order valence-corrected chi connectivity index (χ2v) is 25.5. The summed E-state index contributed by atoms with van der Waals surface area (Å²) >= 11 is 0. The van der Waals surface area contributed by atoms with E-state index in [0.29, 0.717) is 80.3 Å². The molecule has 5 rings (SSSR count). The van der Waals surface area contributed by atoms with Gasteiger partial charge in [-0.25, -0.2) is 4.79 Å². The van der Waals surface area contributed by atoms with E-state index in [2.05, 4.69) is 37.2 Å². The maximum Gasteiger partial charge on any atom is 0.326 e. The molecule has 1 heterocycles. The minimum Gasteiger partial charge on any atom is -0.508 e. The highest BCUT2D eigenvalue weighted by molar-refractivity contribution is 6.04. The van der Waals surface area contributed by atoms with E-state index in [4.69, 9.17) is 22.9 Å². The molecule has 9 amide bonds. The van der Waals surface area contributed by atoms with E-state index in [1.54, 1.807) is 91.9 Å². The highest BCUT2D eigenvalue weighted by Gasteiger charge is 2.42. The van der Waals surface area contributed by atoms with Crippen LogP contribution >= 0.6 is 0 Å². The van der Waals surface area contributed by atoms with E-state index in [1.165, 1.54) is 41.0 Å². The van der Waals surface area contributed by atoms with Crippen LogP contribution in [0.3, 0.4) is 0 Å². The quantitative estimate of drug-likeness (QED) is 0.0284. The zero-order chi connectivity index (χ0) is 71.1. The Balaban J connectivity index is 1.38. The fraction of sp³-hybridized carbons (Fsp3) is 0.521. The minimum absolute atomic E-state index is 0.0424. The molecule has 0 aromatic heterocycles. The number of anilines is 1. The van der Waals surface area contributed by atoms with Crippen LogP contribution in [0.15, 0.2) is 109 Å². The van der Waals surface area contributed by atoms with Gasteiger partial charge in [0.25, 0.3) is 5.91 Å². The number of nitrogens with zero attached hydrogens (tertiary/aromatic N) is 2. The van der Waals surface area contributed by atoms with Crippen molar-refractivity contribution in [1.29, 1.82) is 0 Å². The first-order valence-corrected chi connectivity index (χ1v) is 33.9. The van der Waals surface area contributed by atoms with Crippen molar-refractivity contribution in [2.45, 2.75) is 198 Å². The number of likely N-dealkylation sites (tertiary alicyclic amines) is 1. The second-order valence-electron chi connectivity index (χ2n) is 25.5. The number of nitrogens with one attached hydrogen (secondary N) is 7. The standard InChI is InChI=1S/C71H103N13O13/c1-6-45(4)61(70(95)84(50-22-11-8-12-23-50)60(71(96)97)40-44(2)3)82-67(92)58(43-49-30-34-52(86)35-31-49)81-68(93)59-27-19-39-83(59)69(94)56(26-15-18-38-74)79-65(90)55(25-14-17-37-73)78-66(91)57(42-47-20-9-7-10-21-47)80-62(87)46(5)76-64(89)54(24-13-16-36-72)77-63(88)53(75)41-48-28-32-51(85)33-29-48/h7-12,20-23,28-35,44-46,53-61,85-86H,6,13-19,24-27,36-43,72-75H2,1-5H3,(H,76,89)(H,77,88)(H,78,91)(H,79,90)(H,80,87)(H,81,93)(H,82,92)(H,96,97)/t45-,46-,53-,54+,55-,56-,57-,58-,59-,60-,61-/m0/s1. The number of carboxylic acid groups (broad SMARTS) is 1. The van der Waals surface area contributed by atoms with Crippen LogP contribution in [0.4, 0.5) is 5.69 Å². The Bertz CT molecular complexity index is 3180. The Hall–Kier alpha value is -8.98. The molecule has 0 aliphatic carbocycles. The van der Waals surface area contributed by atoms with Crippen molar-refractivity contribution < 1.29 is 63.3 Å². The SMILES string of the molecule is CC[C@H](C)[C@H](NC(=O)[C@H](Cc1ccc(O)cc1)NC(=O)[C@@H]1CCCN1C(=O)[C@H](CCCCN)NC(=O)[C@H](CCCCN)NC(=O)[C@H](Cc1ccccc1)NC(=O)[C@H](C)NC(=O)[C@@H](CCCCN)NC(=O)[C@@H](N)Cc1ccc(O)cc1)C(=O)N(c1ccccc1)[C@@H](CC(C)C)C(=O)O. The highest BCUT2D eigenvalue weighted by atomic mass is 16.4. The first kappa shape index (κ1) is 78.7. The lowest BCUT2D eigenvalue weighted by Crippen LogP contribution is -2.61. The number of hydrogen-bond acceptors (Lipinski definition) is 16. The van der Waals surface area contributed by atoms with E-state index < -0.39 is 125 Å². The van der Waals surface area contributed by atoms with Crippen LogP contribution in [0.1, 0.15) is 135 Å². The largest absolute Gasteiger partial charge is 0.508 e. The summed E-state index contributed by atoms with van der Waals surface area (Å²) in [6.07, 6.45) is 3.87. The summed E-state index contributed by atoms with van der Waals surface area (Å²) in [4.78, 5) is 146. The Morgan fingerprint density at radius 1 is 0.526 bits per heavy atom. The van der Waals surface area contributed by atoms with Gasteiger partial charge in [-0.1, -0.05) is 107 Å². The predicted octanol–water partition coefficient (Wildman–Crippen LogP) is 2.82. The molecule has 0 radical (unpaired) electrons. The number of aliphatic carboxylic acids is 1. The molecule has 97 heavy (non-hydrogen) atoms. The number of rotatable bonds is 41.